The normalized spacial score (nSPS) is 15.6. The Bertz CT molecular complexity index is 942. The van der Waals surface area contributed by atoms with Crippen LogP contribution in [0.5, 0.6) is 0 Å². The largest absolute Gasteiger partial charge is 0.367 e. The summed E-state index contributed by atoms with van der Waals surface area (Å²) in [5.41, 5.74) is 1.61. The maximum absolute atomic E-state index is 12.9. The highest BCUT2D eigenvalue weighted by molar-refractivity contribution is 7.92. The number of benzene rings is 2. The lowest BCUT2D eigenvalue weighted by atomic mass is 10.1. The quantitative estimate of drug-likeness (QED) is 0.645. The van der Waals surface area contributed by atoms with Crippen molar-refractivity contribution in [2.24, 2.45) is 0 Å². The van der Waals surface area contributed by atoms with Gasteiger partial charge in [0.05, 0.1) is 16.3 Å². The minimum absolute atomic E-state index is 0.0415. The molecule has 0 bridgehead atoms. The maximum Gasteiger partial charge on any atom is 0.261 e. The van der Waals surface area contributed by atoms with Crippen LogP contribution in [-0.2, 0) is 10.0 Å². The Balaban J connectivity index is 1.96. The third-order valence-electron chi connectivity index (χ3n) is 5.00. The number of hydrogen-bond donors (Lipinski definition) is 3. The van der Waals surface area contributed by atoms with Crippen LogP contribution in [0.15, 0.2) is 53.4 Å². The monoisotopic (exact) mass is 416 g/mol. The zero-order valence-electron chi connectivity index (χ0n) is 16.8. The molecule has 0 spiro atoms. The van der Waals surface area contributed by atoms with Crippen LogP contribution >= 0.6 is 0 Å². The predicted octanol–water partition coefficient (Wildman–Crippen LogP) is 2.43. The van der Waals surface area contributed by atoms with Crippen LogP contribution in [-0.4, -0.2) is 46.5 Å². The third kappa shape index (κ3) is 5.27. The minimum atomic E-state index is -3.77. The number of amides is 1. The average Bonchev–Trinajstić information content (AvgIpc) is 2.74. The first kappa shape index (κ1) is 21.1. The van der Waals surface area contributed by atoms with Crippen molar-refractivity contribution in [1.82, 2.24) is 10.6 Å². The summed E-state index contributed by atoms with van der Waals surface area (Å²) < 4.78 is 28.5. The topological polar surface area (TPSA) is 90.5 Å². The number of rotatable bonds is 7. The average molecular weight is 417 g/mol. The van der Waals surface area contributed by atoms with Gasteiger partial charge in [-0.1, -0.05) is 25.1 Å². The van der Waals surface area contributed by atoms with Crippen LogP contribution in [0.3, 0.4) is 0 Å². The van der Waals surface area contributed by atoms with Crippen LogP contribution in [0.25, 0.3) is 0 Å². The molecular formula is C21H28N4O3S. The van der Waals surface area contributed by atoms with E-state index in [1.165, 1.54) is 0 Å². The zero-order chi connectivity index (χ0) is 20.9. The van der Waals surface area contributed by atoms with E-state index in [1.807, 2.05) is 19.9 Å². The van der Waals surface area contributed by atoms with Gasteiger partial charge in [0.1, 0.15) is 0 Å². The molecule has 1 aliphatic heterocycles. The summed E-state index contributed by atoms with van der Waals surface area (Å²) in [5, 5.41) is 6.22. The van der Waals surface area contributed by atoms with Crippen LogP contribution in [0.1, 0.15) is 30.6 Å². The second-order valence-electron chi connectivity index (χ2n) is 7.17. The molecule has 0 saturated carbocycles. The molecule has 7 nitrogen and oxygen atoms in total. The van der Waals surface area contributed by atoms with E-state index in [1.54, 1.807) is 42.5 Å². The first-order valence-corrected chi connectivity index (χ1v) is 11.4. The number of nitrogens with zero attached hydrogens (tertiary/aromatic N) is 1. The van der Waals surface area contributed by atoms with Gasteiger partial charge in [0.25, 0.3) is 15.9 Å². The maximum atomic E-state index is 12.9. The summed E-state index contributed by atoms with van der Waals surface area (Å²) in [6.07, 6.45) is 0.818. The zero-order valence-corrected chi connectivity index (χ0v) is 17.6. The number of sulfonamides is 1. The Labute approximate surface area is 172 Å². The van der Waals surface area contributed by atoms with E-state index in [0.717, 1.165) is 38.3 Å². The summed E-state index contributed by atoms with van der Waals surface area (Å²) in [6, 6.07) is 13.5. The molecule has 1 saturated heterocycles. The SMILES string of the molecule is CC[C@@H](C)NC(=O)c1ccc(N2CCNCC2)c(NS(=O)(=O)c2ccccc2)c1. The van der Waals surface area contributed by atoms with E-state index in [9.17, 15) is 13.2 Å². The molecule has 0 unspecified atom stereocenters. The molecule has 0 aliphatic carbocycles. The molecule has 3 rings (SSSR count). The molecule has 0 aromatic heterocycles. The molecule has 1 fully saturated rings. The molecule has 1 heterocycles. The first-order valence-electron chi connectivity index (χ1n) is 9.89. The highest BCUT2D eigenvalue weighted by Gasteiger charge is 2.21. The van der Waals surface area contributed by atoms with E-state index >= 15 is 0 Å². The fourth-order valence-electron chi connectivity index (χ4n) is 3.15. The summed E-state index contributed by atoms with van der Waals surface area (Å²) in [4.78, 5) is 14.9. The molecule has 8 heteroatoms. The fraction of sp³-hybridized carbons (Fsp3) is 0.381. The van der Waals surface area contributed by atoms with Gasteiger partial charge in [-0.05, 0) is 43.7 Å². The number of nitrogens with one attached hydrogen (secondary N) is 3. The smallest absolute Gasteiger partial charge is 0.261 e. The molecule has 1 amide bonds. The van der Waals surface area contributed by atoms with Crippen LogP contribution in [0.4, 0.5) is 11.4 Å². The highest BCUT2D eigenvalue weighted by atomic mass is 32.2. The van der Waals surface area contributed by atoms with Crippen molar-refractivity contribution < 1.29 is 13.2 Å². The van der Waals surface area contributed by atoms with E-state index in [-0.39, 0.29) is 16.8 Å². The number of carbonyl (C=O) groups is 1. The molecule has 2 aromatic carbocycles. The molecule has 29 heavy (non-hydrogen) atoms. The van der Waals surface area contributed by atoms with E-state index in [2.05, 4.69) is 20.3 Å². The van der Waals surface area contributed by atoms with E-state index < -0.39 is 10.0 Å². The van der Waals surface area contributed by atoms with Gasteiger partial charge in [0.2, 0.25) is 0 Å². The van der Waals surface area contributed by atoms with Crippen molar-refractivity contribution in [3.63, 3.8) is 0 Å². The Morgan fingerprint density at radius 1 is 1.14 bits per heavy atom. The van der Waals surface area contributed by atoms with Crippen LogP contribution in [0.2, 0.25) is 0 Å². The number of anilines is 2. The number of hydrogen-bond acceptors (Lipinski definition) is 5. The van der Waals surface area contributed by atoms with Gasteiger partial charge < -0.3 is 15.5 Å². The van der Waals surface area contributed by atoms with Crippen molar-refractivity contribution in [3.8, 4) is 0 Å². The van der Waals surface area contributed by atoms with Crippen molar-refractivity contribution >= 4 is 27.3 Å². The summed E-state index contributed by atoms with van der Waals surface area (Å²) in [5.74, 6) is -0.216. The molecule has 1 atom stereocenters. The van der Waals surface area contributed by atoms with E-state index in [0.29, 0.717) is 11.3 Å². The van der Waals surface area contributed by atoms with Gasteiger partial charge >= 0.3 is 0 Å². The minimum Gasteiger partial charge on any atom is -0.367 e. The van der Waals surface area contributed by atoms with Gasteiger partial charge in [0.15, 0.2) is 0 Å². The van der Waals surface area contributed by atoms with Crippen LogP contribution in [0, 0.1) is 0 Å². The van der Waals surface area contributed by atoms with Gasteiger partial charge in [-0.3, -0.25) is 9.52 Å². The number of carbonyl (C=O) groups excluding carboxylic acids is 1. The summed E-state index contributed by atoms with van der Waals surface area (Å²) in [7, 11) is -3.77. The second kappa shape index (κ2) is 9.28. The van der Waals surface area contributed by atoms with Crippen molar-refractivity contribution in [2.45, 2.75) is 31.2 Å². The molecule has 2 aromatic rings. The summed E-state index contributed by atoms with van der Waals surface area (Å²) in [6.45, 7) is 7.10. The lowest BCUT2D eigenvalue weighted by molar-refractivity contribution is 0.0939. The predicted molar refractivity (Wildman–Crippen MR) is 116 cm³/mol. The lowest BCUT2D eigenvalue weighted by Crippen LogP contribution is -2.43. The Morgan fingerprint density at radius 3 is 2.48 bits per heavy atom. The van der Waals surface area contributed by atoms with Crippen molar-refractivity contribution in [3.05, 3.63) is 54.1 Å². The molecule has 3 N–H and O–H groups in total. The number of piperazine rings is 1. The molecule has 1 aliphatic rings. The van der Waals surface area contributed by atoms with Gasteiger partial charge in [-0.2, -0.15) is 0 Å². The van der Waals surface area contributed by atoms with Gasteiger partial charge in [-0.15, -0.1) is 0 Å². The fourth-order valence-corrected chi connectivity index (χ4v) is 4.24. The highest BCUT2D eigenvalue weighted by Crippen LogP contribution is 2.30. The van der Waals surface area contributed by atoms with Gasteiger partial charge in [-0.25, -0.2) is 8.42 Å². The van der Waals surface area contributed by atoms with Crippen molar-refractivity contribution in [1.29, 1.82) is 0 Å². The van der Waals surface area contributed by atoms with E-state index in [4.69, 9.17) is 0 Å². The summed E-state index contributed by atoms with van der Waals surface area (Å²) >= 11 is 0. The van der Waals surface area contributed by atoms with Gasteiger partial charge in [0, 0.05) is 37.8 Å². The second-order valence-corrected chi connectivity index (χ2v) is 8.85. The van der Waals surface area contributed by atoms with Crippen LogP contribution < -0.4 is 20.3 Å². The Kier molecular flexibility index (Phi) is 6.76. The Morgan fingerprint density at radius 2 is 1.83 bits per heavy atom. The Hall–Kier alpha value is -2.58. The first-order chi connectivity index (χ1) is 13.9. The molecule has 0 radical (unpaired) electrons. The van der Waals surface area contributed by atoms with Crippen molar-refractivity contribution in [2.75, 3.05) is 35.8 Å². The lowest BCUT2D eigenvalue weighted by Gasteiger charge is -2.31. The molecule has 156 valence electrons. The molecular weight excluding hydrogens is 388 g/mol. The standard InChI is InChI=1S/C21H28N4O3S/c1-3-16(2)23-21(26)17-9-10-20(25-13-11-22-12-14-25)19(15-17)24-29(27,28)18-7-5-4-6-8-18/h4-10,15-16,22,24H,3,11-14H2,1-2H3,(H,23,26)/t16-/m1/s1. The third-order valence-corrected chi connectivity index (χ3v) is 6.39.